The van der Waals surface area contributed by atoms with Crippen molar-refractivity contribution in [3.63, 3.8) is 0 Å². The summed E-state index contributed by atoms with van der Waals surface area (Å²) in [6, 6.07) is 17.2. The molecule has 0 radical (unpaired) electrons. The minimum Gasteiger partial charge on any atom is -0.449 e. The molecule has 0 unspecified atom stereocenters. The molecule has 1 fully saturated rings. The molecule has 0 aliphatic carbocycles. The second-order valence-electron chi connectivity index (χ2n) is 7.11. The van der Waals surface area contributed by atoms with Gasteiger partial charge < -0.3 is 4.74 Å². The smallest absolute Gasteiger partial charge is 0.318 e. The number of non-ortho nitro benzene ring substituents is 1. The number of amides is 1. The Labute approximate surface area is 202 Å². The van der Waals surface area contributed by atoms with Crippen molar-refractivity contribution in [3.8, 4) is 11.5 Å². The van der Waals surface area contributed by atoms with E-state index < -0.39 is 21.2 Å². The molecule has 0 bridgehead atoms. The maximum absolute atomic E-state index is 13.1. The summed E-state index contributed by atoms with van der Waals surface area (Å²) in [5.74, 6) is -0.218. The number of aryl methyl sites for hydroxylation is 1. The third-order valence-electron chi connectivity index (χ3n) is 4.93. The quantitative estimate of drug-likeness (QED) is 0.177. The van der Waals surface area contributed by atoms with Crippen LogP contribution in [0.25, 0.3) is 6.08 Å². The fourth-order valence-electron chi connectivity index (χ4n) is 3.29. The summed E-state index contributed by atoms with van der Waals surface area (Å²) in [5, 5.41) is 22.4. The van der Waals surface area contributed by atoms with Crippen LogP contribution < -0.4 is 9.64 Å². The lowest BCUT2D eigenvalue weighted by molar-refractivity contribution is -0.394. The van der Waals surface area contributed by atoms with Crippen LogP contribution >= 0.6 is 24.0 Å². The first-order valence-electron chi connectivity index (χ1n) is 9.79. The van der Waals surface area contributed by atoms with Crippen LogP contribution in [0, 0.1) is 27.2 Å². The van der Waals surface area contributed by atoms with Gasteiger partial charge in [0.1, 0.15) is 5.75 Å². The zero-order valence-corrected chi connectivity index (χ0v) is 19.2. The third-order valence-corrected chi connectivity index (χ3v) is 6.23. The zero-order chi connectivity index (χ0) is 24.4. The molecular weight excluding hydrogens is 478 g/mol. The molecule has 1 saturated heterocycles. The zero-order valence-electron chi connectivity index (χ0n) is 17.5. The molecule has 3 aromatic rings. The van der Waals surface area contributed by atoms with Gasteiger partial charge in [0.25, 0.3) is 11.6 Å². The van der Waals surface area contributed by atoms with E-state index in [4.69, 9.17) is 17.0 Å². The van der Waals surface area contributed by atoms with E-state index in [2.05, 4.69) is 0 Å². The highest BCUT2D eigenvalue weighted by Gasteiger charge is 2.34. The Balaban J connectivity index is 1.69. The van der Waals surface area contributed by atoms with Gasteiger partial charge in [0.15, 0.2) is 4.32 Å². The maximum Gasteiger partial charge on any atom is 0.318 e. The largest absolute Gasteiger partial charge is 0.449 e. The Morgan fingerprint density at radius 2 is 1.68 bits per heavy atom. The number of nitro groups is 2. The molecule has 34 heavy (non-hydrogen) atoms. The van der Waals surface area contributed by atoms with Crippen LogP contribution in [0.2, 0.25) is 0 Å². The van der Waals surface area contributed by atoms with Crippen molar-refractivity contribution in [2.24, 2.45) is 0 Å². The van der Waals surface area contributed by atoms with E-state index in [1.165, 1.54) is 11.0 Å². The Hall–Kier alpha value is -4.09. The summed E-state index contributed by atoms with van der Waals surface area (Å²) in [5.41, 5.74) is 1.11. The maximum atomic E-state index is 13.1. The number of nitrogens with zero attached hydrogens (tertiary/aromatic N) is 3. The van der Waals surface area contributed by atoms with Crippen LogP contribution in [0.1, 0.15) is 11.1 Å². The van der Waals surface area contributed by atoms with Crippen molar-refractivity contribution in [2.45, 2.75) is 6.92 Å². The lowest BCUT2D eigenvalue weighted by atomic mass is 10.1. The van der Waals surface area contributed by atoms with Crippen molar-refractivity contribution in [1.82, 2.24) is 0 Å². The predicted molar refractivity (Wildman–Crippen MR) is 133 cm³/mol. The molecule has 0 saturated carbocycles. The molecule has 0 atom stereocenters. The van der Waals surface area contributed by atoms with Crippen molar-refractivity contribution in [2.75, 3.05) is 4.90 Å². The van der Waals surface area contributed by atoms with Crippen LogP contribution in [-0.2, 0) is 4.79 Å². The summed E-state index contributed by atoms with van der Waals surface area (Å²) in [6.45, 7) is 1.89. The average Bonchev–Trinajstić information content (AvgIpc) is 3.08. The number of carbonyl (C=O) groups is 1. The number of rotatable bonds is 6. The summed E-state index contributed by atoms with van der Waals surface area (Å²) in [6.07, 6.45) is 1.60. The fraction of sp³-hybridized carbons (Fsp3) is 0.0435. The molecule has 9 nitrogen and oxygen atoms in total. The van der Waals surface area contributed by atoms with E-state index in [1.807, 2.05) is 31.2 Å². The highest BCUT2D eigenvalue weighted by atomic mass is 32.2. The Bertz CT molecular complexity index is 1390. The normalized spacial score (nSPS) is 14.5. The molecule has 1 heterocycles. The lowest BCUT2D eigenvalue weighted by Crippen LogP contribution is -2.28. The molecule has 1 aliphatic rings. The first kappa shape index (κ1) is 23.1. The van der Waals surface area contributed by atoms with Gasteiger partial charge in [-0.05, 0) is 36.8 Å². The number of thiocarbonyl (C=S) groups is 1. The van der Waals surface area contributed by atoms with Gasteiger partial charge in [-0.1, -0.05) is 60.4 Å². The molecule has 1 aliphatic heterocycles. The first-order valence-corrected chi connectivity index (χ1v) is 11.0. The summed E-state index contributed by atoms with van der Waals surface area (Å²) in [7, 11) is 0. The van der Waals surface area contributed by atoms with E-state index in [0.717, 1.165) is 29.5 Å². The number of hydrogen-bond acceptors (Lipinski definition) is 8. The molecule has 0 N–H and O–H groups in total. The summed E-state index contributed by atoms with van der Waals surface area (Å²) in [4.78, 5) is 35.9. The number of benzene rings is 3. The summed E-state index contributed by atoms with van der Waals surface area (Å²) >= 11 is 6.57. The Kier molecular flexibility index (Phi) is 6.39. The topological polar surface area (TPSA) is 116 Å². The van der Waals surface area contributed by atoms with Gasteiger partial charge in [0.2, 0.25) is 5.75 Å². The second-order valence-corrected chi connectivity index (χ2v) is 8.79. The number of hydrogen-bond donors (Lipinski definition) is 0. The third kappa shape index (κ3) is 4.51. The molecule has 11 heteroatoms. The van der Waals surface area contributed by atoms with E-state index in [1.54, 1.807) is 30.3 Å². The Morgan fingerprint density at radius 3 is 2.38 bits per heavy atom. The first-order chi connectivity index (χ1) is 16.3. The Morgan fingerprint density at radius 1 is 0.971 bits per heavy atom. The van der Waals surface area contributed by atoms with Crippen molar-refractivity contribution in [1.29, 1.82) is 0 Å². The van der Waals surface area contributed by atoms with Gasteiger partial charge in [-0.2, -0.15) is 0 Å². The van der Waals surface area contributed by atoms with E-state index >= 15 is 0 Å². The van der Waals surface area contributed by atoms with E-state index in [-0.39, 0.29) is 17.4 Å². The van der Waals surface area contributed by atoms with Crippen LogP contribution in [0.3, 0.4) is 0 Å². The SMILES string of the molecule is Cc1ccccc1N1C(=O)/C(=C\c2ccccc2Oc2ccc([N+](=O)[O-])cc2[N+](=O)[O-])SC1=S. The predicted octanol–water partition coefficient (Wildman–Crippen LogP) is 6.01. The van der Waals surface area contributed by atoms with Gasteiger partial charge in [0.05, 0.1) is 26.5 Å². The minimum atomic E-state index is -0.752. The number of thioether (sulfide) groups is 1. The van der Waals surface area contributed by atoms with Crippen LogP contribution in [0.4, 0.5) is 17.1 Å². The molecule has 0 spiro atoms. The molecule has 0 aromatic heterocycles. The van der Waals surface area contributed by atoms with Gasteiger partial charge in [-0.3, -0.25) is 29.9 Å². The second kappa shape index (κ2) is 9.41. The number of nitro benzene ring substituents is 2. The number of ether oxygens (including phenoxy) is 1. The fourth-order valence-corrected chi connectivity index (χ4v) is 4.57. The lowest BCUT2D eigenvalue weighted by Gasteiger charge is -2.16. The molecular formula is C23H15N3O6S2. The highest BCUT2D eigenvalue weighted by Crippen LogP contribution is 2.40. The minimum absolute atomic E-state index is 0.163. The van der Waals surface area contributed by atoms with E-state index in [0.29, 0.717) is 20.5 Å². The number of carbonyl (C=O) groups excluding carboxylic acids is 1. The number of anilines is 1. The molecule has 1 amide bonds. The van der Waals surface area contributed by atoms with E-state index in [9.17, 15) is 25.0 Å². The van der Waals surface area contributed by atoms with Crippen molar-refractivity contribution >= 4 is 57.3 Å². The highest BCUT2D eigenvalue weighted by molar-refractivity contribution is 8.27. The summed E-state index contributed by atoms with van der Waals surface area (Å²) < 4.78 is 6.15. The molecule has 170 valence electrons. The molecule has 4 rings (SSSR count). The van der Waals surface area contributed by atoms with Crippen LogP contribution in [-0.4, -0.2) is 20.1 Å². The molecule has 3 aromatic carbocycles. The number of para-hydroxylation sites is 2. The standard InChI is InChI=1S/C23H15N3O6S2/c1-14-6-2-4-8-17(14)24-22(27)21(34-23(24)33)12-15-7-3-5-9-19(15)32-20-11-10-16(25(28)29)13-18(20)26(30)31/h2-13H,1H3/b21-12+. The van der Waals surface area contributed by atoms with Gasteiger partial charge in [0, 0.05) is 11.6 Å². The monoisotopic (exact) mass is 493 g/mol. The van der Waals surface area contributed by atoms with Crippen molar-refractivity contribution in [3.05, 3.63) is 103 Å². The van der Waals surface area contributed by atoms with Crippen molar-refractivity contribution < 1.29 is 19.4 Å². The van der Waals surface area contributed by atoms with Crippen LogP contribution in [0.5, 0.6) is 11.5 Å². The average molecular weight is 494 g/mol. The van der Waals surface area contributed by atoms with Gasteiger partial charge >= 0.3 is 5.69 Å². The van der Waals surface area contributed by atoms with Gasteiger partial charge in [-0.15, -0.1) is 0 Å². The van der Waals surface area contributed by atoms with Gasteiger partial charge in [-0.25, -0.2) is 0 Å². The van der Waals surface area contributed by atoms with Crippen LogP contribution in [0.15, 0.2) is 71.6 Å².